The van der Waals surface area contributed by atoms with Gasteiger partial charge in [-0.3, -0.25) is 19.7 Å². The quantitative estimate of drug-likeness (QED) is 0.417. The predicted molar refractivity (Wildman–Crippen MR) is 124 cm³/mol. The number of carbonyl (C=O) groups excluding carboxylic acids is 2. The van der Waals surface area contributed by atoms with E-state index in [1.807, 2.05) is 38.1 Å². The van der Waals surface area contributed by atoms with Crippen LogP contribution in [0.5, 0.6) is 0 Å². The lowest BCUT2D eigenvalue weighted by Crippen LogP contribution is -2.48. The fourth-order valence-corrected chi connectivity index (χ4v) is 3.87. The van der Waals surface area contributed by atoms with E-state index in [-0.39, 0.29) is 23.3 Å². The first-order chi connectivity index (χ1) is 14.8. The Morgan fingerprint density at radius 3 is 2.45 bits per heavy atom. The summed E-state index contributed by atoms with van der Waals surface area (Å²) >= 11 is 1.43. The van der Waals surface area contributed by atoms with E-state index in [1.165, 1.54) is 23.9 Å². The molecular weight excluding hydrogens is 414 g/mol. The summed E-state index contributed by atoms with van der Waals surface area (Å²) in [6.45, 7) is 6.66. The van der Waals surface area contributed by atoms with Gasteiger partial charge < -0.3 is 10.2 Å². The Morgan fingerprint density at radius 2 is 1.84 bits per heavy atom. The summed E-state index contributed by atoms with van der Waals surface area (Å²) in [5.74, 6) is 0.491. The number of hydrogen-bond acceptors (Lipinski definition) is 5. The highest BCUT2D eigenvalue weighted by molar-refractivity contribution is 7.99. The summed E-state index contributed by atoms with van der Waals surface area (Å²) in [7, 11) is 0. The van der Waals surface area contributed by atoms with Crippen LogP contribution in [-0.4, -0.2) is 40.0 Å². The molecule has 8 heteroatoms. The van der Waals surface area contributed by atoms with Crippen LogP contribution in [0.2, 0.25) is 0 Å². The smallest absolute Gasteiger partial charge is 0.269 e. The summed E-state index contributed by atoms with van der Waals surface area (Å²) in [6, 6.07) is 13.6. The van der Waals surface area contributed by atoms with Crippen molar-refractivity contribution < 1.29 is 14.5 Å². The highest BCUT2D eigenvalue weighted by Crippen LogP contribution is 2.19. The first-order valence-electron chi connectivity index (χ1n) is 10.3. The van der Waals surface area contributed by atoms with Gasteiger partial charge in [0.15, 0.2) is 0 Å². The van der Waals surface area contributed by atoms with E-state index in [0.717, 1.165) is 23.1 Å². The monoisotopic (exact) mass is 443 g/mol. The van der Waals surface area contributed by atoms with E-state index >= 15 is 0 Å². The zero-order valence-electron chi connectivity index (χ0n) is 18.2. The molecular formula is C23H29N3O4S. The molecule has 166 valence electrons. The number of nitro benzene ring substituents is 1. The third kappa shape index (κ3) is 7.40. The molecule has 1 atom stereocenters. The number of nitro groups is 1. The van der Waals surface area contributed by atoms with E-state index in [1.54, 1.807) is 24.0 Å². The van der Waals surface area contributed by atoms with E-state index in [4.69, 9.17) is 0 Å². The summed E-state index contributed by atoms with van der Waals surface area (Å²) in [6.07, 6.45) is 0.829. The van der Waals surface area contributed by atoms with Crippen LogP contribution in [0.15, 0.2) is 48.5 Å². The molecule has 2 rings (SSSR count). The predicted octanol–water partition coefficient (Wildman–Crippen LogP) is 4.08. The molecule has 2 aromatic rings. The molecule has 0 heterocycles. The van der Waals surface area contributed by atoms with Gasteiger partial charge in [0.2, 0.25) is 11.8 Å². The SMILES string of the molecule is CCCNC(=O)[C@H](C)N(Cc1ccccc1C)C(=O)CSCc1ccc([N+](=O)[O-])cc1. The lowest BCUT2D eigenvalue weighted by molar-refractivity contribution is -0.384. The lowest BCUT2D eigenvalue weighted by Gasteiger charge is -2.29. The molecule has 1 N–H and O–H groups in total. The van der Waals surface area contributed by atoms with Gasteiger partial charge in [-0.2, -0.15) is 0 Å². The van der Waals surface area contributed by atoms with Gasteiger partial charge in [-0.15, -0.1) is 11.8 Å². The van der Waals surface area contributed by atoms with Crippen LogP contribution in [-0.2, 0) is 21.9 Å². The number of carbonyl (C=O) groups is 2. The molecule has 0 spiro atoms. The van der Waals surface area contributed by atoms with Gasteiger partial charge in [0.25, 0.3) is 5.69 Å². The van der Waals surface area contributed by atoms with Crippen molar-refractivity contribution in [3.63, 3.8) is 0 Å². The molecule has 0 saturated heterocycles. The van der Waals surface area contributed by atoms with Crippen LogP contribution < -0.4 is 5.32 Å². The molecule has 31 heavy (non-hydrogen) atoms. The number of hydrogen-bond donors (Lipinski definition) is 1. The normalized spacial score (nSPS) is 11.6. The Bertz CT molecular complexity index is 902. The number of nitrogens with one attached hydrogen (secondary N) is 1. The van der Waals surface area contributed by atoms with Crippen LogP contribution in [0.4, 0.5) is 5.69 Å². The summed E-state index contributed by atoms with van der Waals surface area (Å²) in [5, 5.41) is 13.6. The van der Waals surface area contributed by atoms with Gasteiger partial charge in [0.1, 0.15) is 6.04 Å². The van der Waals surface area contributed by atoms with Crippen molar-refractivity contribution in [1.82, 2.24) is 10.2 Å². The fourth-order valence-electron chi connectivity index (χ4n) is 3.00. The summed E-state index contributed by atoms with van der Waals surface area (Å²) < 4.78 is 0. The number of nitrogens with zero attached hydrogens (tertiary/aromatic N) is 2. The Hall–Kier alpha value is -2.87. The van der Waals surface area contributed by atoms with E-state index in [0.29, 0.717) is 18.8 Å². The third-order valence-electron chi connectivity index (χ3n) is 4.96. The Morgan fingerprint density at radius 1 is 1.16 bits per heavy atom. The van der Waals surface area contributed by atoms with Gasteiger partial charge in [0.05, 0.1) is 10.7 Å². The average molecular weight is 444 g/mol. The van der Waals surface area contributed by atoms with Crippen LogP contribution >= 0.6 is 11.8 Å². The first-order valence-corrected chi connectivity index (χ1v) is 11.4. The van der Waals surface area contributed by atoms with Crippen LogP contribution in [0.3, 0.4) is 0 Å². The van der Waals surface area contributed by atoms with E-state index < -0.39 is 11.0 Å². The fraction of sp³-hybridized carbons (Fsp3) is 0.391. The van der Waals surface area contributed by atoms with Gasteiger partial charge in [-0.25, -0.2) is 0 Å². The largest absolute Gasteiger partial charge is 0.354 e. The second kappa shape index (κ2) is 12.1. The molecule has 2 amide bonds. The zero-order chi connectivity index (χ0) is 22.8. The average Bonchev–Trinajstić information content (AvgIpc) is 2.76. The summed E-state index contributed by atoms with van der Waals surface area (Å²) in [4.78, 5) is 37.5. The number of non-ortho nitro benzene ring substituents is 1. The maximum Gasteiger partial charge on any atom is 0.269 e. The molecule has 0 unspecified atom stereocenters. The van der Waals surface area contributed by atoms with E-state index in [9.17, 15) is 19.7 Å². The molecule has 0 aliphatic heterocycles. The Labute approximate surface area is 187 Å². The summed E-state index contributed by atoms with van der Waals surface area (Å²) in [5.41, 5.74) is 3.02. The lowest BCUT2D eigenvalue weighted by atomic mass is 10.1. The number of rotatable bonds is 11. The van der Waals surface area contributed by atoms with Crippen molar-refractivity contribution in [3.05, 3.63) is 75.3 Å². The highest BCUT2D eigenvalue weighted by Gasteiger charge is 2.26. The Kier molecular flexibility index (Phi) is 9.52. The molecule has 0 aliphatic rings. The van der Waals surface area contributed by atoms with Crippen molar-refractivity contribution in [2.24, 2.45) is 0 Å². The minimum atomic E-state index is -0.585. The highest BCUT2D eigenvalue weighted by atomic mass is 32.2. The molecule has 7 nitrogen and oxygen atoms in total. The number of amides is 2. The van der Waals surface area contributed by atoms with Crippen LogP contribution in [0.25, 0.3) is 0 Å². The molecule has 0 aliphatic carbocycles. The molecule has 0 bridgehead atoms. The van der Waals surface area contributed by atoms with Crippen molar-refractivity contribution in [3.8, 4) is 0 Å². The van der Waals surface area contributed by atoms with Crippen molar-refractivity contribution in [1.29, 1.82) is 0 Å². The van der Waals surface area contributed by atoms with Gasteiger partial charge in [-0.05, 0) is 37.0 Å². The molecule has 0 saturated carbocycles. The topological polar surface area (TPSA) is 92.6 Å². The van der Waals surface area contributed by atoms with Gasteiger partial charge in [0, 0.05) is 31.0 Å². The van der Waals surface area contributed by atoms with E-state index in [2.05, 4.69) is 5.32 Å². The first kappa shape index (κ1) is 24.4. The minimum absolute atomic E-state index is 0.0427. The second-order valence-corrected chi connectivity index (χ2v) is 8.32. The van der Waals surface area contributed by atoms with Crippen LogP contribution in [0, 0.1) is 17.0 Å². The van der Waals surface area contributed by atoms with Crippen molar-refractivity contribution in [2.75, 3.05) is 12.3 Å². The van der Waals surface area contributed by atoms with Crippen molar-refractivity contribution in [2.45, 2.75) is 45.5 Å². The molecule has 0 fully saturated rings. The number of benzene rings is 2. The standard InChI is InChI=1S/C23H29N3O4S/c1-4-13-24-23(28)18(3)25(14-20-8-6-5-7-17(20)2)22(27)16-31-15-19-9-11-21(12-10-19)26(29)30/h5-12,18H,4,13-16H2,1-3H3,(H,24,28)/t18-/m0/s1. The molecule has 0 radical (unpaired) electrons. The minimum Gasteiger partial charge on any atom is -0.354 e. The zero-order valence-corrected chi connectivity index (χ0v) is 19.0. The van der Waals surface area contributed by atoms with Crippen LogP contribution in [0.1, 0.15) is 37.0 Å². The second-order valence-electron chi connectivity index (χ2n) is 7.33. The van der Waals surface area contributed by atoms with Crippen molar-refractivity contribution >= 4 is 29.3 Å². The van der Waals surface area contributed by atoms with Gasteiger partial charge in [-0.1, -0.05) is 43.3 Å². The number of aryl methyl sites for hydroxylation is 1. The molecule has 0 aromatic heterocycles. The maximum absolute atomic E-state index is 13.0. The molecule has 2 aromatic carbocycles. The number of thioether (sulfide) groups is 1. The Balaban J connectivity index is 2.05. The third-order valence-corrected chi connectivity index (χ3v) is 5.95. The van der Waals surface area contributed by atoms with Gasteiger partial charge >= 0.3 is 0 Å². The maximum atomic E-state index is 13.0.